The molecule has 190 valence electrons. The van der Waals surface area contributed by atoms with Gasteiger partial charge in [0.2, 0.25) is 11.8 Å². The number of benzene rings is 3. The molecule has 0 bridgehead atoms. The normalized spacial score (nSPS) is 12.0. The number of carbonyl (C=O) groups is 2. The van der Waals surface area contributed by atoms with Crippen LogP contribution in [0.25, 0.3) is 0 Å². The number of para-hydroxylation sites is 1. The second-order valence-electron chi connectivity index (χ2n) is 8.25. The molecule has 3 rings (SSSR count). The van der Waals surface area contributed by atoms with E-state index in [9.17, 15) is 22.4 Å². The fraction of sp³-hybridized carbons (Fsp3) is 0.259. The van der Waals surface area contributed by atoms with Crippen LogP contribution in [0.3, 0.4) is 0 Å². The average Bonchev–Trinajstić information content (AvgIpc) is 2.90. The Morgan fingerprint density at radius 1 is 0.917 bits per heavy atom. The summed E-state index contributed by atoms with van der Waals surface area (Å²) in [6.45, 7) is 3.34. The van der Waals surface area contributed by atoms with E-state index in [1.54, 1.807) is 25.1 Å². The zero-order valence-corrected chi connectivity index (χ0v) is 21.1. The van der Waals surface area contributed by atoms with Gasteiger partial charge in [-0.05, 0) is 43.2 Å². The third-order valence-electron chi connectivity index (χ3n) is 5.64. The van der Waals surface area contributed by atoms with E-state index >= 15 is 0 Å². The molecule has 9 heteroatoms. The minimum Gasteiger partial charge on any atom is -0.354 e. The van der Waals surface area contributed by atoms with Gasteiger partial charge in [-0.1, -0.05) is 67.6 Å². The van der Waals surface area contributed by atoms with Gasteiger partial charge in [0, 0.05) is 13.1 Å². The van der Waals surface area contributed by atoms with Crippen molar-refractivity contribution in [2.45, 2.75) is 37.8 Å². The van der Waals surface area contributed by atoms with Gasteiger partial charge >= 0.3 is 0 Å². The molecule has 0 heterocycles. The Hall–Kier alpha value is -3.72. The maximum Gasteiger partial charge on any atom is 0.264 e. The van der Waals surface area contributed by atoms with E-state index in [0.29, 0.717) is 6.54 Å². The number of carbonyl (C=O) groups excluding carboxylic acids is 2. The molecule has 0 unspecified atom stereocenters. The molecule has 1 N–H and O–H groups in total. The summed E-state index contributed by atoms with van der Waals surface area (Å²) < 4.78 is 42.7. The van der Waals surface area contributed by atoms with Crippen molar-refractivity contribution in [2.75, 3.05) is 17.4 Å². The molecule has 1 atom stereocenters. The Morgan fingerprint density at radius 2 is 1.50 bits per heavy atom. The molecule has 0 fully saturated rings. The molecule has 0 aliphatic rings. The van der Waals surface area contributed by atoms with Gasteiger partial charge in [0.25, 0.3) is 10.0 Å². The Balaban J connectivity index is 2.00. The highest BCUT2D eigenvalue weighted by Crippen LogP contribution is 2.26. The quantitative estimate of drug-likeness (QED) is 0.422. The molecule has 0 aliphatic heterocycles. The van der Waals surface area contributed by atoms with Gasteiger partial charge in [-0.2, -0.15) is 0 Å². The maximum absolute atomic E-state index is 14.8. The molecule has 0 saturated heterocycles. The lowest BCUT2D eigenvalue weighted by Crippen LogP contribution is -2.51. The van der Waals surface area contributed by atoms with Crippen molar-refractivity contribution in [3.8, 4) is 0 Å². The number of amides is 2. The van der Waals surface area contributed by atoms with Crippen LogP contribution in [0.5, 0.6) is 0 Å². The maximum atomic E-state index is 14.8. The van der Waals surface area contributed by atoms with Crippen molar-refractivity contribution in [1.82, 2.24) is 10.2 Å². The molecule has 3 aromatic carbocycles. The summed E-state index contributed by atoms with van der Waals surface area (Å²) in [5.41, 5.74) is 0.516. The Kier molecular flexibility index (Phi) is 9.19. The lowest BCUT2D eigenvalue weighted by atomic mass is 10.1. The molecule has 0 radical (unpaired) electrons. The highest BCUT2D eigenvalue weighted by molar-refractivity contribution is 7.92. The van der Waals surface area contributed by atoms with Gasteiger partial charge < -0.3 is 10.2 Å². The molecule has 0 aliphatic carbocycles. The third kappa shape index (κ3) is 6.48. The van der Waals surface area contributed by atoms with E-state index in [1.165, 1.54) is 35.2 Å². The van der Waals surface area contributed by atoms with Crippen molar-refractivity contribution in [3.63, 3.8) is 0 Å². The Labute approximate surface area is 211 Å². The van der Waals surface area contributed by atoms with E-state index in [2.05, 4.69) is 5.32 Å². The van der Waals surface area contributed by atoms with Crippen LogP contribution in [0, 0.1) is 5.82 Å². The summed E-state index contributed by atoms with van der Waals surface area (Å²) in [6, 6.07) is 21.1. The molecule has 2 amide bonds. The number of hydrogen-bond donors (Lipinski definition) is 1. The van der Waals surface area contributed by atoms with Gasteiger partial charge in [0.1, 0.15) is 18.4 Å². The Bertz CT molecular complexity index is 1270. The summed E-state index contributed by atoms with van der Waals surface area (Å²) in [5.74, 6) is -1.78. The van der Waals surface area contributed by atoms with Crippen molar-refractivity contribution >= 4 is 27.5 Å². The second kappa shape index (κ2) is 12.3. The third-order valence-corrected chi connectivity index (χ3v) is 7.42. The van der Waals surface area contributed by atoms with Gasteiger partial charge in [0.15, 0.2) is 0 Å². The van der Waals surface area contributed by atoms with Crippen LogP contribution in [-0.4, -0.2) is 44.3 Å². The summed E-state index contributed by atoms with van der Waals surface area (Å²) in [5, 5.41) is 2.78. The van der Waals surface area contributed by atoms with Crippen LogP contribution in [0.15, 0.2) is 89.8 Å². The fourth-order valence-corrected chi connectivity index (χ4v) is 5.09. The zero-order valence-electron chi connectivity index (χ0n) is 20.3. The first-order valence-electron chi connectivity index (χ1n) is 11.7. The monoisotopic (exact) mass is 511 g/mol. The van der Waals surface area contributed by atoms with Crippen LogP contribution in [0.1, 0.15) is 25.8 Å². The number of sulfonamides is 1. The van der Waals surface area contributed by atoms with E-state index in [-0.39, 0.29) is 23.0 Å². The van der Waals surface area contributed by atoms with Crippen LogP contribution in [0.4, 0.5) is 10.1 Å². The number of rotatable bonds is 11. The number of hydrogen-bond acceptors (Lipinski definition) is 4. The molecule has 0 spiro atoms. The minimum absolute atomic E-state index is 0.0793. The molecule has 7 nitrogen and oxygen atoms in total. The second-order valence-corrected chi connectivity index (χ2v) is 10.1. The summed E-state index contributed by atoms with van der Waals surface area (Å²) in [4.78, 5) is 27.7. The van der Waals surface area contributed by atoms with Crippen molar-refractivity contribution in [1.29, 1.82) is 0 Å². The van der Waals surface area contributed by atoms with Crippen molar-refractivity contribution < 1.29 is 22.4 Å². The average molecular weight is 512 g/mol. The summed E-state index contributed by atoms with van der Waals surface area (Å²) in [7, 11) is -4.29. The predicted molar refractivity (Wildman–Crippen MR) is 137 cm³/mol. The van der Waals surface area contributed by atoms with E-state index < -0.39 is 34.3 Å². The van der Waals surface area contributed by atoms with Crippen LogP contribution in [-0.2, 0) is 26.2 Å². The van der Waals surface area contributed by atoms with Crippen molar-refractivity contribution in [3.05, 3.63) is 96.3 Å². The van der Waals surface area contributed by atoms with Crippen LogP contribution in [0.2, 0.25) is 0 Å². The topological polar surface area (TPSA) is 86.8 Å². The molecular weight excluding hydrogens is 481 g/mol. The Morgan fingerprint density at radius 3 is 2.11 bits per heavy atom. The van der Waals surface area contributed by atoms with Gasteiger partial charge in [0.05, 0.1) is 10.6 Å². The lowest BCUT2D eigenvalue weighted by molar-refractivity contribution is -0.139. The van der Waals surface area contributed by atoms with Gasteiger partial charge in [-0.3, -0.25) is 13.9 Å². The number of anilines is 1. The molecule has 0 saturated carbocycles. The SMILES string of the molecule is CCCNC(=O)[C@H](C)N(Cc1ccccc1)C(=O)CN(c1ccccc1F)S(=O)(=O)c1ccccc1. The number of nitrogens with one attached hydrogen (secondary N) is 1. The van der Waals surface area contributed by atoms with Crippen LogP contribution < -0.4 is 9.62 Å². The molecular formula is C27H30FN3O4S. The first-order valence-corrected chi connectivity index (χ1v) is 13.1. The van der Waals surface area contributed by atoms with E-state index in [0.717, 1.165) is 22.4 Å². The largest absolute Gasteiger partial charge is 0.354 e. The fourth-order valence-electron chi connectivity index (χ4n) is 3.65. The standard InChI is InChI=1S/C27H30FN3O4S/c1-3-18-29-27(33)21(2)30(19-22-12-6-4-7-13-22)26(32)20-31(25-17-11-10-16-24(25)28)36(34,35)23-14-8-5-9-15-23/h4-17,21H,3,18-20H2,1-2H3,(H,29,33)/t21-/m0/s1. The number of nitrogens with zero attached hydrogens (tertiary/aromatic N) is 2. The molecule has 36 heavy (non-hydrogen) atoms. The number of halogens is 1. The highest BCUT2D eigenvalue weighted by atomic mass is 32.2. The van der Waals surface area contributed by atoms with E-state index in [1.807, 2.05) is 37.3 Å². The van der Waals surface area contributed by atoms with Gasteiger partial charge in [-0.25, -0.2) is 12.8 Å². The van der Waals surface area contributed by atoms with Gasteiger partial charge in [-0.15, -0.1) is 0 Å². The summed E-state index contributed by atoms with van der Waals surface area (Å²) in [6.07, 6.45) is 0.724. The van der Waals surface area contributed by atoms with Crippen molar-refractivity contribution in [2.24, 2.45) is 0 Å². The highest BCUT2D eigenvalue weighted by Gasteiger charge is 2.33. The first kappa shape index (κ1) is 26.9. The molecule has 3 aromatic rings. The first-order chi connectivity index (χ1) is 17.3. The van der Waals surface area contributed by atoms with E-state index in [4.69, 9.17) is 0 Å². The lowest BCUT2D eigenvalue weighted by Gasteiger charge is -2.32. The van der Waals surface area contributed by atoms with Crippen LogP contribution >= 0.6 is 0 Å². The smallest absolute Gasteiger partial charge is 0.264 e. The summed E-state index contributed by atoms with van der Waals surface area (Å²) >= 11 is 0. The molecule has 0 aromatic heterocycles. The predicted octanol–water partition coefficient (Wildman–Crippen LogP) is 3.96. The zero-order chi connectivity index (χ0) is 26.1. The minimum atomic E-state index is -4.29.